The van der Waals surface area contributed by atoms with Crippen molar-refractivity contribution in [3.63, 3.8) is 0 Å². The van der Waals surface area contributed by atoms with Crippen molar-refractivity contribution in [2.24, 2.45) is 7.05 Å². The van der Waals surface area contributed by atoms with Gasteiger partial charge in [-0.3, -0.25) is 0 Å². The van der Waals surface area contributed by atoms with E-state index < -0.39 is 0 Å². The van der Waals surface area contributed by atoms with Gasteiger partial charge in [0, 0.05) is 13.1 Å². The zero-order valence-corrected chi connectivity index (χ0v) is 9.38. The maximum atomic E-state index is 5.63. The lowest BCUT2D eigenvalue weighted by Crippen LogP contribution is -2.01. The van der Waals surface area contributed by atoms with Crippen molar-refractivity contribution >= 4 is 0 Å². The zero-order valence-electron chi connectivity index (χ0n) is 9.38. The van der Waals surface area contributed by atoms with E-state index in [0.29, 0.717) is 6.61 Å². The van der Waals surface area contributed by atoms with Crippen LogP contribution in [0, 0.1) is 0 Å². The van der Waals surface area contributed by atoms with Crippen molar-refractivity contribution in [3.05, 3.63) is 42.5 Å². The molecule has 0 bridgehead atoms. The van der Waals surface area contributed by atoms with Crippen LogP contribution in [-0.4, -0.2) is 16.7 Å². The average molecular weight is 218 g/mol. The van der Waals surface area contributed by atoms with E-state index in [-0.39, 0.29) is 0 Å². The Morgan fingerprint density at radius 1 is 1.31 bits per heavy atom. The molecule has 0 aliphatic heterocycles. The van der Waals surface area contributed by atoms with E-state index in [1.54, 1.807) is 19.6 Å². The summed E-state index contributed by atoms with van der Waals surface area (Å²) in [5.41, 5.74) is 1.03. The van der Waals surface area contributed by atoms with Gasteiger partial charge in [-0.05, 0) is 12.1 Å². The lowest BCUT2D eigenvalue weighted by Gasteiger charge is -2.07. The first kappa shape index (κ1) is 10.5. The Kier molecular flexibility index (Phi) is 3.10. The quantitative estimate of drug-likeness (QED) is 0.787. The number of nitrogens with zero attached hydrogens (tertiary/aromatic N) is 2. The second-order valence-electron chi connectivity index (χ2n) is 3.46. The average Bonchev–Trinajstić information content (AvgIpc) is 2.72. The fourth-order valence-electron chi connectivity index (χ4n) is 1.37. The van der Waals surface area contributed by atoms with Gasteiger partial charge < -0.3 is 14.0 Å². The number of methoxy groups -OCH3 is 1. The van der Waals surface area contributed by atoms with Crippen LogP contribution in [0.5, 0.6) is 11.5 Å². The van der Waals surface area contributed by atoms with Crippen LogP contribution < -0.4 is 9.47 Å². The van der Waals surface area contributed by atoms with Crippen molar-refractivity contribution in [2.45, 2.75) is 6.61 Å². The van der Waals surface area contributed by atoms with E-state index in [4.69, 9.17) is 9.47 Å². The molecular weight excluding hydrogens is 204 g/mol. The van der Waals surface area contributed by atoms with Crippen LogP contribution in [-0.2, 0) is 13.7 Å². The molecule has 0 aliphatic carbocycles. The van der Waals surface area contributed by atoms with Crippen molar-refractivity contribution < 1.29 is 9.47 Å². The lowest BCUT2D eigenvalue weighted by molar-refractivity contribution is 0.295. The summed E-state index contributed by atoms with van der Waals surface area (Å²) < 4.78 is 12.7. The van der Waals surface area contributed by atoms with Crippen LogP contribution in [0.25, 0.3) is 0 Å². The van der Waals surface area contributed by atoms with Gasteiger partial charge in [-0.1, -0.05) is 6.07 Å². The molecule has 0 saturated heterocycles. The fourth-order valence-corrected chi connectivity index (χ4v) is 1.37. The Morgan fingerprint density at radius 3 is 2.81 bits per heavy atom. The molecule has 0 radical (unpaired) electrons. The third-order valence-electron chi connectivity index (χ3n) is 2.34. The topological polar surface area (TPSA) is 36.3 Å². The molecule has 2 aromatic rings. The van der Waals surface area contributed by atoms with E-state index in [2.05, 4.69) is 4.98 Å². The maximum Gasteiger partial charge on any atom is 0.130 e. The second-order valence-corrected chi connectivity index (χ2v) is 3.46. The lowest BCUT2D eigenvalue weighted by atomic mass is 10.3. The number of aryl methyl sites for hydroxylation is 1. The minimum Gasteiger partial charge on any atom is -0.497 e. The Labute approximate surface area is 94.4 Å². The smallest absolute Gasteiger partial charge is 0.130 e. The minimum atomic E-state index is 0.504. The van der Waals surface area contributed by atoms with E-state index in [0.717, 1.165) is 17.2 Å². The van der Waals surface area contributed by atoms with Gasteiger partial charge in [0.2, 0.25) is 0 Å². The van der Waals surface area contributed by atoms with Crippen LogP contribution in [0.15, 0.2) is 36.8 Å². The molecular formula is C12H14N2O2. The normalized spacial score (nSPS) is 10.1. The first-order valence-corrected chi connectivity index (χ1v) is 5.01. The summed E-state index contributed by atoms with van der Waals surface area (Å²) in [5.74, 6) is 1.59. The molecule has 0 aliphatic rings. The van der Waals surface area contributed by atoms with Crippen molar-refractivity contribution in [1.82, 2.24) is 9.55 Å². The number of rotatable bonds is 4. The van der Waals surface area contributed by atoms with Gasteiger partial charge in [-0.25, -0.2) is 4.98 Å². The standard InChI is InChI=1S/C12H14N2O2/c1-14-9-13-7-10(14)8-16-12-5-3-4-11(6-12)15-2/h3-7,9H,8H2,1-2H3. The third kappa shape index (κ3) is 2.34. The van der Waals surface area contributed by atoms with E-state index in [1.165, 1.54) is 0 Å². The molecule has 4 nitrogen and oxygen atoms in total. The number of imidazole rings is 1. The highest BCUT2D eigenvalue weighted by molar-refractivity contribution is 5.32. The highest BCUT2D eigenvalue weighted by atomic mass is 16.5. The molecule has 1 aromatic heterocycles. The van der Waals surface area contributed by atoms with Crippen LogP contribution in [0.1, 0.15) is 5.69 Å². The Hall–Kier alpha value is -1.97. The predicted octanol–water partition coefficient (Wildman–Crippen LogP) is 2.01. The number of benzene rings is 1. The molecule has 0 saturated carbocycles. The molecule has 0 atom stereocenters. The number of hydrogen-bond donors (Lipinski definition) is 0. The predicted molar refractivity (Wildman–Crippen MR) is 60.5 cm³/mol. The first-order chi connectivity index (χ1) is 7.79. The first-order valence-electron chi connectivity index (χ1n) is 5.01. The molecule has 84 valence electrons. The van der Waals surface area contributed by atoms with Gasteiger partial charge >= 0.3 is 0 Å². The van der Waals surface area contributed by atoms with Crippen LogP contribution in [0.4, 0.5) is 0 Å². The summed E-state index contributed by atoms with van der Waals surface area (Å²) in [6, 6.07) is 7.55. The summed E-state index contributed by atoms with van der Waals surface area (Å²) in [5, 5.41) is 0. The summed E-state index contributed by atoms with van der Waals surface area (Å²) in [7, 11) is 3.58. The Morgan fingerprint density at radius 2 is 2.12 bits per heavy atom. The molecule has 0 amide bonds. The largest absolute Gasteiger partial charge is 0.497 e. The van der Waals surface area contributed by atoms with Gasteiger partial charge in [-0.2, -0.15) is 0 Å². The van der Waals surface area contributed by atoms with E-state index in [1.807, 2.05) is 35.9 Å². The van der Waals surface area contributed by atoms with Crippen molar-refractivity contribution in [3.8, 4) is 11.5 Å². The molecule has 0 spiro atoms. The SMILES string of the molecule is COc1cccc(OCc2cncn2C)c1. The minimum absolute atomic E-state index is 0.504. The van der Waals surface area contributed by atoms with E-state index >= 15 is 0 Å². The molecule has 0 unspecified atom stereocenters. The van der Waals surface area contributed by atoms with Crippen LogP contribution in [0.3, 0.4) is 0 Å². The van der Waals surface area contributed by atoms with Gasteiger partial charge in [-0.15, -0.1) is 0 Å². The summed E-state index contributed by atoms with van der Waals surface area (Å²) in [6.45, 7) is 0.504. The summed E-state index contributed by atoms with van der Waals surface area (Å²) in [4.78, 5) is 4.03. The Bertz CT molecular complexity index is 466. The van der Waals surface area contributed by atoms with Crippen LogP contribution >= 0.6 is 0 Å². The molecule has 0 N–H and O–H groups in total. The van der Waals surface area contributed by atoms with Gasteiger partial charge in [0.15, 0.2) is 0 Å². The maximum absolute atomic E-state index is 5.63. The van der Waals surface area contributed by atoms with E-state index in [9.17, 15) is 0 Å². The van der Waals surface area contributed by atoms with Gasteiger partial charge in [0.25, 0.3) is 0 Å². The van der Waals surface area contributed by atoms with Gasteiger partial charge in [0.05, 0.1) is 25.3 Å². The molecule has 2 rings (SSSR count). The number of hydrogen-bond acceptors (Lipinski definition) is 3. The van der Waals surface area contributed by atoms with Crippen LogP contribution in [0.2, 0.25) is 0 Å². The second kappa shape index (κ2) is 4.70. The molecule has 1 aromatic carbocycles. The summed E-state index contributed by atoms with van der Waals surface area (Å²) >= 11 is 0. The van der Waals surface area contributed by atoms with Crippen molar-refractivity contribution in [2.75, 3.05) is 7.11 Å². The van der Waals surface area contributed by atoms with Crippen molar-refractivity contribution in [1.29, 1.82) is 0 Å². The van der Waals surface area contributed by atoms with Gasteiger partial charge in [0.1, 0.15) is 18.1 Å². The number of aromatic nitrogens is 2. The fraction of sp³-hybridized carbons (Fsp3) is 0.250. The summed E-state index contributed by atoms with van der Waals surface area (Å²) in [6.07, 6.45) is 3.55. The zero-order chi connectivity index (χ0) is 11.4. The Balaban J connectivity index is 2.02. The molecule has 0 fully saturated rings. The number of ether oxygens (including phenoxy) is 2. The molecule has 1 heterocycles. The highest BCUT2D eigenvalue weighted by Crippen LogP contribution is 2.19. The third-order valence-corrected chi connectivity index (χ3v) is 2.34. The molecule has 4 heteroatoms. The highest BCUT2D eigenvalue weighted by Gasteiger charge is 2.00. The molecule has 16 heavy (non-hydrogen) atoms. The monoisotopic (exact) mass is 218 g/mol.